The largest absolute Gasteiger partial charge is 0.102 e. The number of hydrogen-bond donors (Lipinski definition) is 0. The average molecular weight is 367 g/mol. The molecule has 110 valence electrons. The summed E-state index contributed by atoms with van der Waals surface area (Å²) in [5.74, 6) is 0. The van der Waals surface area contributed by atoms with Crippen LogP contribution in [0.15, 0.2) is 72.8 Å². The molecule has 0 unspecified atom stereocenters. The molecule has 0 bridgehead atoms. The van der Waals surface area contributed by atoms with Gasteiger partial charge in [-0.05, 0) is 72.8 Å². The topological polar surface area (TPSA) is 0 Å². The fraction of sp³-hybridized carbons (Fsp3) is 0. The molecule has 0 aromatic heterocycles. The maximum absolute atomic E-state index is 6.03. The second-order valence-corrected chi connectivity index (χ2v) is 8.69. The van der Waals surface area contributed by atoms with Crippen molar-refractivity contribution >= 4 is 58.6 Å². The molecule has 0 fully saturated rings. The van der Waals surface area contributed by atoms with Crippen LogP contribution in [0.1, 0.15) is 0 Å². The Morgan fingerprint density at radius 2 is 0.636 bits per heavy atom. The van der Waals surface area contributed by atoms with Crippen LogP contribution in [0.2, 0.25) is 15.1 Å². The van der Waals surface area contributed by atoms with Gasteiger partial charge in [0.25, 0.3) is 0 Å². The minimum absolute atomic E-state index is 0.748. The minimum Gasteiger partial charge on any atom is -0.0843 e. The van der Waals surface area contributed by atoms with Gasteiger partial charge in [0.1, 0.15) is 15.9 Å². The first-order chi connectivity index (χ1) is 10.6. The molecule has 3 aromatic carbocycles. The van der Waals surface area contributed by atoms with E-state index in [-0.39, 0.29) is 0 Å². The van der Waals surface area contributed by atoms with Crippen LogP contribution < -0.4 is 15.9 Å². The van der Waals surface area contributed by atoms with E-state index in [1.165, 1.54) is 15.9 Å². The van der Waals surface area contributed by atoms with Gasteiger partial charge < -0.3 is 0 Å². The molecule has 22 heavy (non-hydrogen) atoms. The summed E-state index contributed by atoms with van der Waals surface area (Å²) in [4.78, 5) is 0. The summed E-state index contributed by atoms with van der Waals surface area (Å²) < 4.78 is 0. The van der Waals surface area contributed by atoms with Crippen LogP contribution in [0.4, 0.5) is 0 Å². The number of rotatable bonds is 3. The van der Waals surface area contributed by atoms with Crippen molar-refractivity contribution in [3.05, 3.63) is 87.9 Å². The van der Waals surface area contributed by atoms with Crippen LogP contribution in [0.3, 0.4) is 0 Å². The van der Waals surface area contributed by atoms with E-state index in [4.69, 9.17) is 34.8 Å². The van der Waals surface area contributed by atoms with Crippen LogP contribution in [0.5, 0.6) is 0 Å². The third kappa shape index (κ3) is 3.65. The highest BCUT2D eigenvalue weighted by atomic mass is 35.5. The lowest BCUT2D eigenvalue weighted by atomic mass is 10.3. The van der Waals surface area contributed by atoms with Gasteiger partial charge in [-0.25, -0.2) is 0 Å². The molecule has 0 saturated carbocycles. The van der Waals surface area contributed by atoms with E-state index >= 15 is 0 Å². The van der Waals surface area contributed by atoms with Crippen molar-refractivity contribution in [1.82, 2.24) is 0 Å². The third-order valence-electron chi connectivity index (χ3n) is 3.40. The van der Waals surface area contributed by atoms with Gasteiger partial charge in [0.05, 0.1) is 7.92 Å². The zero-order valence-corrected chi connectivity index (χ0v) is 14.8. The minimum atomic E-state index is -1.10. The smallest absolute Gasteiger partial charge is 0.0843 e. The molecule has 0 saturated heterocycles. The van der Waals surface area contributed by atoms with Crippen LogP contribution in [0.25, 0.3) is 0 Å². The Labute approximate surface area is 146 Å². The quantitative estimate of drug-likeness (QED) is 0.563. The predicted molar refractivity (Wildman–Crippen MR) is 102 cm³/mol. The molecule has 0 aliphatic rings. The first kappa shape index (κ1) is 15.8. The maximum atomic E-state index is 6.03. The van der Waals surface area contributed by atoms with Crippen molar-refractivity contribution in [3.8, 4) is 0 Å². The van der Waals surface area contributed by atoms with Crippen LogP contribution in [0, 0.1) is 0 Å². The molecule has 0 spiro atoms. The van der Waals surface area contributed by atoms with E-state index in [0.29, 0.717) is 0 Å². The zero-order valence-electron chi connectivity index (χ0n) is 11.6. The molecule has 0 N–H and O–H groups in total. The zero-order chi connectivity index (χ0) is 15.5. The summed E-state index contributed by atoms with van der Waals surface area (Å²) in [6, 6.07) is 24.2. The summed E-state index contributed by atoms with van der Waals surface area (Å²) in [5.41, 5.74) is 0. The molecule has 0 heterocycles. The van der Waals surface area contributed by atoms with E-state index in [1.807, 2.05) is 36.4 Å². The van der Waals surface area contributed by atoms with Crippen molar-refractivity contribution in [2.45, 2.75) is 0 Å². The Kier molecular flexibility index (Phi) is 5.06. The molecule has 0 atom stereocenters. The molecule has 0 radical (unpaired) electrons. The van der Waals surface area contributed by atoms with E-state index in [9.17, 15) is 0 Å². The summed E-state index contributed by atoms with van der Waals surface area (Å²) in [6.45, 7) is 0. The highest BCUT2D eigenvalue weighted by Gasteiger charge is 2.25. The fourth-order valence-electron chi connectivity index (χ4n) is 2.35. The van der Waals surface area contributed by atoms with Gasteiger partial charge >= 0.3 is 0 Å². The molecule has 0 amide bonds. The van der Waals surface area contributed by atoms with Gasteiger partial charge in [-0.3, -0.25) is 0 Å². The van der Waals surface area contributed by atoms with Crippen molar-refractivity contribution < 1.29 is 0 Å². The Balaban J connectivity index is 2.10. The second-order valence-electron chi connectivity index (χ2n) is 4.90. The van der Waals surface area contributed by atoms with Crippen molar-refractivity contribution in [2.75, 3.05) is 0 Å². The lowest BCUT2D eigenvalue weighted by Gasteiger charge is -2.11. The lowest BCUT2D eigenvalue weighted by molar-refractivity contribution is 1.73. The van der Waals surface area contributed by atoms with Crippen molar-refractivity contribution in [2.24, 2.45) is 0 Å². The molecule has 3 rings (SSSR count). The molecule has 0 aliphatic heterocycles. The molecular formula is C18H13Cl3P+. The summed E-state index contributed by atoms with van der Waals surface area (Å²) in [7, 11) is -1.10. The first-order valence-corrected chi connectivity index (χ1v) is 9.41. The molecule has 0 nitrogen and oxygen atoms in total. The van der Waals surface area contributed by atoms with Crippen LogP contribution in [-0.2, 0) is 0 Å². The molecule has 3 aromatic rings. The Morgan fingerprint density at radius 3 is 0.864 bits per heavy atom. The number of halogens is 3. The van der Waals surface area contributed by atoms with Crippen LogP contribution in [-0.4, -0.2) is 0 Å². The van der Waals surface area contributed by atoms with Crippen molar-refractivity contribution in [1.29, 1.82) is 0 Å². The molecule has 0 aliphatic carbocycles. The molecule has 4 heteroatoms. The lowest BCUT2D eigenvalue weighted by Crippen LogP contribution is -2.20. The highest BCUT2D eigenvalue weighted by Crippen LogP contribution is 2.33. The van der Waals surface area contributed by atoms with Gasteiger partial charge in [-0.1, -0.05) is 34.8 Å². The van der Waals surface area contributed by atoms with E-state index in [1.54, 1.807) is 0 Å². The van der Waals surface area contributed by atoms with Gasteiger partial charge in [0.15, 0.2) is 0 Å². The van der Waals surface area contributed by atoms with Gasteiger partial charge in [0, 0.05) is 15.1 Å². The maximum Gasteiger partial charge on any atom is 0.102 e. The second kappa shape index (κ2) is 7.02. The third-order valence-corrected chi connectivity index (χ3v) is 6.89. The Morgan fingerprint density at radius 1 is 0.409 bits per heavy atom. The summed E-state index contributed by atoms with van der Waals surface area (Å²) in [5, 5.41) is 6.07. The Hall–Kier alpha value is -1.04. The van der Waals surface area contributed by atoms with E-state index < -0.39 is 7.92 Å². The van der Waals surface area contributed by atoms with Crippen LogP contribution >= 0.6 is 42.7 Å². The SMILES string of the molecule is Clc1ccc([PH+](c2ccc(Cl)cc2)c2ccc(Cl)cc2)cc1. The Bertz CT molecular complexity index is 642. The monoisotopic (exact) mass is 365 g/mol. The number of benzene rings is 3. The van der Waals surface area contributed by atoms with E-state index in [2.05, 4.69) is 36.4 Å². The highest BCUT2D eigenvalue weighted by molar-refractivity contribution is 7.79. The summed E-state index contributed by atoms with van der Waals surface area (Å²) >= 11 is 18.1. The first-order valence-electron chi connectivity index (χ1n) is 6.78. The number of hydrogen-bond acceptors (Lipinski definition) is 0. The fourth-order valence-corrected chi connectivity index (χ4v) is 5.23. The predicted octanol–water partition coefficient (Wildman–Crippen LogP) is 5.14. The average Bonchev–Trinajstić information content (AvgIpc) is 2.53. The van der Waals surface area contributed by atoms with E-state index in [0.717, 1.165) is 15.1 Å². The standard InChI is InChI=1S/C18H12Cl3P/c19-13-1-7-16(8-2-13)22(17-9-3-14(20)4-10-17)18-11-5-15(21)6-12-18/h1-12H/p+1. The normalized spacial score (nSPS) is 10.9. The van der Waals surface area contributed by atoms with Gasteiger partial charge in [-0.2, -0.15) is 0 Å². The molecular weight excluding hydrogens is 354 g/mol. The van der Waals surface area contributed by atoms with Gasteiger partial charge in [-0.15, -0.1) is 0 Å². The van der Waals surface area contributed by atoms with Crippen molar-refractivity contribution in [3.63, 3.8) is 0 Å². The summed E-state index contributed by atoms with van der Waals surface area (Å²) in [6.07, 6.45) is 0. The van der Waals surface area contributed by atoms with Gasteiger partial charge in [0.2, 0.25) is 0 Å².